The maximum Gasteiger partial charge on any atom is 0.262 e. The van der Waals surface area contributed by atoms with Crippen LogP contribution < -0.4 is 20.7 Å². The summed E-state index contributed by atoms with van der Waals surface area (Å²) in [6, 6.07) is 13.8. The van der Waals surface area contributed by atoms with E-state index < -0.39 is 5.91 Å². The number of nitrogens with one attached hydrogen (secondary N) is 1. The number of nitrogens with zero attached hydrogens (tertiary/aromatic N) is 1. The molecule has 3 rings (SSSR count). The summed E-state index contributed by atoms with van der Waals surface area (Å²) in [6.07, 6.45) is 0.0537. The Bertz CT molecular complexity index is 820. The average molecular weight is 339 g/mol. The molecular weight excluding hydrogens is 322 g/mol. The molecule has 2 aromatic carbocycles. The second-order valence-corrected chi connectivity index (χ2v) is 5.56. The number of fused-ring (bicyclic) bond motifs is 1. The van der Waals surface area contributed by atoms with Crippen molar-refractivity contribution >= 4 is 29.1 Å². The van der Waals surface area contributed by atoms with Gasteiger partial charge in [-0.2, -0.15) is 0 Å². The number of hydrogen-bond donors (Lipinski definition) is 2. The lowest BCUT2D eigenvalue weighted by atomic mass is 10.1. The van der Waals surface area contributed by atoms with E-state index in [2.05, 4.69) is 5.32 Å². The van der Waals surface area contributed by atoms with E-state index in [1.54, 1.807) is 30.3 Å². The Morgan fingerprint density at radius 2 is 1.92 bits per heavy atom. The van der Waals surface area contributed by atoms with Crippen LogP contribution in [0.4, 0.5) is 11.4 Å². The van der Waals surface area contributed by atoms with Crippen molar-refractivity contribution in [1.29, 1.82) is 0 Å². The van der Waals surface area contributed by atoms with Gasteiger partial charge in [-0.15, -0.1) is 0 Å². The molecule has 7 heteroatoms. The van der Waals surface area contributed by atoms with E-state index in [1.807, 2.05) is 18.2 Å². The van der Waals surface area contributed by atoms with Crippen molar-refractivity contribution in [2.24, 2.45) is 5.73 Å². The van der Waals surface area contributed by atoms with Crippen LogP contribution in [0.3, 0.4) is 0 Å². The first-order valence-electron chi connectivity index (χ1n) is 7.76. The fourth-order valence-electron chi connectivity index (χ4n) is 2.54. The molecule has 3 amide bonds. The maximum absolute atomic E-state index is 12.9. The molecule has 2 aromatic rings. The van der Waals surface area contributed by atoms with Crippen LogP contribution in [0.1, 0.15) is 16.8 Å². The minimum absolute atomic E-state index is 0.0537. The Balaban J connectivity index is 1.89. The van der Waals surface area contributed by atoms with Gasteiger partial charge in [-0.3, -0.25) is 14.4 Å². The van der Waals surface area contributed by atoms with Crippen molar-refractivity contribution in [3.05, 3.63) is 54.1 Å². The summed E-state index contributed by atoms with van der Waals surface area (Å²) in [5.74, 6) is -0.562. The molecule has 0 fully saturated rings. The minimum Gasteiger partial charge on any atom is -0.482 e. The van der Waals surface area contributed by atoms with Crippen LogP contribution in [0, 0.1) is 0 Å². The first-order valence-corrected chi connectivity index (χ1v) is 7.76. The second-order valence-electron chi connectivity index (χ2n) is 5.56. The number of benzene rings is 2. The third-order valence-corrected chi connectivity index (χ3v) is 3.76. The number of anilines is 2. The van der Waals surface area contributed by atoms with E-state index in [4.69, 9.17) is 10.5 Å². The largest absolute Gasteiger partial charge is 0.482 e. The summed E-state index contributed by atoms with van der Waals surface area (Å²) in [7, 11) is 0. The van der Waals surface area contributed by atoms with Gasteiger partial charge in [0.05, 0.1) is 5.69 Å². The van der Waals surface area contributed by atoms with E-state index in [1.165, 1.54) is 4.90 Å². The maximum atomic E-state index is 12.9. The molecule has 1 aliphatic rings. The van der Waals surface area contributed by atoms with Crippen LogP contribution >= 0.6 is 0 Å². The Labute approximate surface area is 144 Å². The zero-order chi connectivity index (χ0) is 17.8. The van der Waals surface area contributed by atoms with Gasteiger partial charge >= 0.3 is 0 Å². The Morgan fingerprint density at radius 3 is 2.64 bits per heavy atom. The topological polar surface area (TPSA) is 102 Å². The highest BCUT2D eigenvalue weighted by molar-refractivity contribution is 6.07. The molecule has 0 saturated carbocycles. The Morgan fingerprint density at radius 1 is 1.16 bits per heavy atom. The normalized spacial score (nSPS) is 12.6. The van der Waals surface area contributed by atoms with Gasteiger partial charge < -0.3 is 20.7 Å². The molecular formula is C18H17N3O4. The third-order valence-electron chi connectivity index (χ3n) is 3.76. The highest BCUT2D eigenvalue weighted by Crippen LogP contribution is 2.29. The lowest BCUT2D eigenvalue weighted by Crippen LogP contribution is -2.34. The van der Waals surface area contributed by atoms with Crippen molar-refractivity contribution in [1.82, 2.24) is 0 Å². The zero-order valence-electron chi connectivity index (χ0n) is 13.4. The number of hydrogen-bond acceptors (Lipinski definition) is 4. The van der Waals surface area contributed by atoms with Crippen molar-refractivity contribution in [3.63, 3.8) is 0 Å². The van der Waals surface area contributed by atoms with Crippen molar-refractivity contribution < 1.29 is 19.1 Å². The summed E-state index contributed by atoms with van der Waals surface area (Å²) in [6.45, 7) is 0.0849. The quantitative estimate of drug-likeness (QED) is 0.862. The highest BCUT2D eigenvalue weighted by atomic mass is 16.5. The molecule has 0 radical (unpaired) electrons. The first kappa shape index (κ1) is 16.5. The van der Waals surface area contributed by atoms with Crippen LogP contribution in [0.25, 0.3) is 0 Å². The number of amides is 3. The van der Waals surface area contributed by atoms with Crippen molar-refractivity contribution in [3.8, 4) is 5.75 Å². The molecule has 0 saturated heterocycles. The van der Waals surface area contributed by atoms with E-state index in [-0.39, 0.29) is 31.4 Å². The summed E-state index contributed by atoms with van der Waals surface area (Å²) in [5.41, 5.74) is 6.81. The van der Waals surface area contributed by atoms with Gasteiger partial charge in [-0.05, 0) is 30.3 Å². The third kappa shape index (κ3) is 3.77. The first-order chi connectivity index (χ1) is 12.0. The molecule has 0 bridgehead atoms. The number of carbonyl (C=O) groups is 3. The van der Waals surface area contributed by atoms with Crippen LogP contribution in [0.2, 0.25) is 0 Å². The van der Waals surface area contributed by atoms with Gasteiger partial charge in [-0.1, -0.05) is 18.2 Å². The Hall–Kier alpha value is -3.35. The molecule has 0 aliphatic carbocycles. The number of carbonyl (C=O) groups excluding carboxylic acids is 3. The lowest BCUT2D eigenvalue weighted by molar-refractivity contribution is -0.119. The zero-order valence-corrected chi connectivity index (χ0v) is 13.4. The summed E-state index contributed by atoms with van der Waals surface area (Å²) in [4.78, 5) is 36.9. The predicted octanol–water partition coefficient (Wildman–Crippen LogP) is 1.54. The molecule has 7 nitrogen and oxygen atoms in total. The van der Waals surface area contributed by atoms with Gasteiger partial charge in [-0.25, -0.2) is 0 Å². The Kier molecular flexibility index (Phi) is 4.65. The molecule has 0 aromatic heterocycles. The predicted molar refractivity (Wildman–Crippen MR) is 92.5 cm³/mol. The van der Waals surface area contributed by atoms with Gasteiger partial charge in [0.15, 0.2) is 6.61 Å². The van der Waals surface area contributed by atoms with E-state index in [0.717, 1.165) is 0 Å². The van der Waals surface area contributed by atoms with Crippen LogP contribution in [0.5, 0.6) is 5.75 Å². The van der Waals surface area contributed by atoms with Crippen LogP contribution in [0.15, 0.2) is 48.5 Å². The van der Waals surface area contributed by atoms with Crippen LogP contribution in [-0.2, 0) is 9.59 Å². The standard InChI is InChI=1S/C18H17N3O4/c19-16(22)8-9-21(13-4-2-1-3-5-13)18(24)12-6-7-14-15(10-12)25-11-17(23)20-14/h1-7,10H,8-9,11H2,(H2,19,22)(H,20,23). The number of primary amides is 1. The number of rotatable bonds is 5. The molecule has 128 valence electrons. The summed E-state index contributed by atoms with van der Waals surface area (Å²) >= 11 is 0. The molecule has 0 atom stereocenters. The molecule has 1 heterocycles. The van der Waals surface area contributed by atoms with Gasteiger partial charge in [0.1, 0.15) is 5.75 Å². The van der Waals surface area contributed by atoms with E-state index in [9.17, 15) is 14.4 Å². The molecule has 0 spiro atoms. The van der Waals surface area contributed by atoms with Gasteiger partial charge in [0.25, 0.3) is 11.8 Å². The summed E-state index contributed by atoms with van der Waals surface area (Å²) in [5, 5.41) is 2.68. The number of nitrogens with two attached hydrogens (primary N) is 1. The molecule has 25 heavy (non-hydrogen) atoms. The minimum atomic E-state index is -0.481. The van der Waals surface area contributed by atoms with Gasteiger partial charge in [0, 0.05) is 24.2 Å². The molecule has 3 N–H and O–H groups in total. The second kappa shape index (κ2) is 7.04. The fraction of sp³-hybridized carbons (Fsp3) is 0.167. The van der Waals surface area contributed by atoms with Crippen molar-refractivity contribution in [2.45, 2.75) is 6.42 Å². The fourth-order valence-corrected chi connectivity index (χ4v) is 2.54. The number of ether oxygens (including phenoxy) is 1. The highest BCUT2D eigenvalue weighted by Gasteiger charge is 2.22. The average Bonchev–Trinajstić information content (AvgIpc) is 2.62. The monoisotopic (exact) mass is 339 g/mol. The smallest absolute Gasteiger partial charge is 0.262 e. The van der Waals surface area contributed by atoms with Crippen molar-refractivity contribution in [2.75, 3.05) is 23.4 Å². The molecule has 1 aliphatic heterocycles. The molecule has 0 unspecified atom stereocenters. The van der Waals surface area contributed by atoms with Gasteiger partial charge in [0.2, 0.25) is 5.91 Å². The van der Waals surface area contributed by atoms with E-state index >= 15 is 0 Å². The van der Waals surface area contributed by atoms with Crippen LogP contribution in [-0.4, -0.2) is 30.9 Å². The SMILES string of the molecule is NC(=O)CCN(C(=O)c1ccc2c(c1)OCC(=O)N2)c1ccccc1. The number of para-hydroxylation sites is 1. The van der Waals surface area contributed by atoms with E-state index in [0.29, 0.717) is 22.7 Å². The lowest BCUT2D eigenvalue weighted by Gasteiger charge is -2.24. The summed E-state index contributed by atoms with van der Waals surface area (Å²) < 4.78 is 5.35.